The Hall–Kier alpha value is -0.930. The number of hydrogen-bond donors (Lipinski definition) is 2. The van der Waals surface area contributed by atoms with E-state index in [9.17, 15) is 0 Å². The molecule has 0 aromatic carbocycles. The fraction of sp³-hybridized carbons (Fsp3) is 0.643. The molecule has 2 saturated carbocycles. The van der Waals surface area contributed by atoms with Gasteiger partial charge >= 0.3 is 0 Å². The number of fused-ring (bicyclic) bond motifs is 1. The van der Waals surface area contributed by atoms with Crippen molar-refractivity contribution in [3.63, 3.8) is 0 Å². The van der Waals surface area contributed by atoms with E-state index in [1.165, 1.54) is 31.2 Å². The fourth-order valence-corrected chi connectivity index (χ4v) is 3.72. The Kier molecular flexibility index (Phi) is 3.12. The summed E-state index contributed by atoms with van der Waals surface area (Å²) in [6.45, 7) is 0. The molecule has 0 radical (unpaired) electrons. The summed E-state index contributed by atoms with van der Waals surface area (Å²) in [5.41, 5.74) is 4.39. The first kappa shape index (κ1) is 11.2. The minimum atomic E-state index is 0.450. The second-order valence-corrected chi connectivity index (χ2v) is 5.52. The van der Waals surface area contributed by atoms with Crippen LogP contribution in [0.5, 0.6) is 0 Å². The monoisotopic (exact) mass is 231 g/mol. The zero-order valence-electron chi connectivity index (χ0n) is 10.2. The van der Waals surface area contributed by atoms with Crippen LogP contribution in [0, 0.1) is 17.8 Å². The van der Waals surface area contributed by atoms with Gasteiger partial charge in [-0.15, -0.1) is 0 Å². The van der Waals surface area contributed by atoms with Gasteiger partial charge in [-0.1, -0.05) is 12.8 Å². The highest BCUT2D eigenvalue weighted by molar-refractivity contribution is 5.14. The van der Waals surface area contributed by atoms with Crippen LogP contribution in [0.3, 0.4) is 0 Å². The largest absolute Gasteiger partial charge is 0.271 e. The molecule has 3 N–H and O–H groups in total. The van der Waals surface area contributed by atoms with Crippen LogP contribution in [-0.2, 0) is 6.42 Å². The molecule has 1 aromatic heterocycles. The summed E-state index contributed by atoms with van der Waals surface area (Å²) in [4.78, 5) is 4.06. The third-order valence-corrected chi connectivity index (χ3v) is 4.61. The van der Waals surface area contributed by atoms with Gasteiger partial charge in [-0.3, -0.25) is 16.3 Å². The average Bonchev–Trinajstić information content (AvgIpc) is 3.11. The Morgan fingerprint density at radius 2 is 1.88 bits per heavy atom. The lowest BCUT2D eigenvalue weighted by atomic mass is 10.0. The molecule has 0 spiro atoms. The maximum atomic E-state index is 5.75. The minimum absolute atomic E-state index is 0.450. The number of aromatic nitrogens is 1. The van der Waals surface area contributed by atoms with Gasteiger partial charge in [0, 0.05) is 18.4 Å². The van der Waals surface area contributed by atoms with Crippen molar-refractivity contribution in [3.8, 4) is 0 Å². The van der Waals surface area contributed by atoms with Crippen LogP contribution in [0.1, 0.15) is 31.2 Å². The molecule has 3 rings (SSSR count). The zero-order valence-corrected chi connectivity index (χ0v) is 10.2. The second kappa shape index (κ2) is 4.75. The Labute approximate surface area is 103 Å². The molecule has 2 aliphatic carbocycles. The number of hydrogen-bond acceptors (Lipinski definition) is 3. The smallest absolute Gasteiger partial charge is 0.0284 e. The van der Waals surface area contributed by atoms with Crippen molar-refractivity contribution in [2.75, 3.05) is 0 Å². The van der Waals surface area contributed by atoms with E-state index in [-0.39, 0.29) is 0 Å². The summed E-state index contributed by atoms with van der Waals surface area (Å²) in [6.07, 6.45) is 10.4. The van der Waals surface area contributed by atoms with Crippen molar-refractivity contribution in [2.24, 2.45) is 23.6 Å². The molecule has 3 unspecified atom stereocenters. The summed E-state index contributed by atoms with van der Waals surface area (Å²) < 4.78 is 0. The van der Waals surface area contributed by atoms with Gasteiger partial charge in [-0.05, 0) is 54.7 Å². The van der Waals surface area contributed by atoms with Gasteiger partial charge in [-0.2, -0.15) is 0 Å². The van der Waals surface area contributed by atoms with E-state index in [2.05, 4.69) is 22.5 Å². The fourth-order valence-electron chi connectivity index (χ4n) is 3.72. The molecule has 0 saturated heterocycles. The van der Waals surface area contributed by atoms with Gasteiger partial charge in [0.05, 0.1) is 0 Å². The highest BCUT2D eigenvalue weighted by Crippen LogP contribution is 2.57. The van der Waals surface area contributed by atoms with Crippen LogP contribution in [0.15, 0.2) is 24.5 Å². The molecule has 3 atom stereocenters. The molecule has 3 heteroatoms. The van der Waals surface area contributed by atoms with Crippen LogP contribution in [0.4, 0.5) is 0 Å². The SMILES string of the molecule is NNC(Cc1ccncc1)C1C2CCCCC21. The zero-order chi connectivity index (χ0) is 11.7. The Morgan fingerprint density at radius 1 is 1.24 bits per heavy atom. The number of rotatable bonds is 4. The van der Waals surface area contributed by atoms with Crippen molar-refractivity contribution in [1.29, 1.82) is 0 Å². The molecule has 92 valence electrons. The minimum Gasteiger partial charge on any atom is -0.271 e. The quantitative estimate of drug-likeness (QED) is 0.614. The lowest BCUT2D eigenvalue weighted by Crippen LogP contribution is -2.39. The highest BCUT2D eigenvalue weighted by atomic mass is 15.2. The van der Waals surface area contributed by atoms with Gasteiger partial charge in [0.15, 0.2) is 0 Å². The summed E-state index contributed by atoms with van der Waals surface area (Å²) >= 11 is 0. The normalized spacial score (nSPS) is 32.9. The summed E-state index contributed by atoms with van der Waals surface area (Å²) in [5, 5.41) is 0. The first-order valence-corrected chi connectivity index (χ1v) is 6.75. The van der Waals surface area contributed by atoms with Crippen molar-refractivity contribution >= 4 is 0 Å². The molecule has 0 amide bonds. The molecule has 2 aliphatic rings. The van der Waals surface area contributed by atoms with E-state index in [0.29, 0.717) is 6.04 Å². The van der Waals surface area contributed by atoms with Gasteiger partial charge in [0.1, 0.15) is 0 Å². The van der Waals surface area contributed by atoms with Crippen molar-refractivity contribution in [2.45, 2.75) is 38.1 Å². The predicted molar refractivity (Wildman–Crippen MR) is 68.0 cm³/mol. The van der Waals surface area contributed by atoms with Crippen molar-refractivity contribution in [1.82, 2.24) is 10.4 Å². The van der Waals surface area contributed by atoms with E-state index in [0.717, 1.165) is 24.2 Å². The average molecular weight is 231 g/mol. The van der Waals surface area contributed by atoms with Crippen LogP contribution >= 0.6 is 0 Å². The Bertz CT molecular complexity index is 353. The first-order valence-electron chi connectivity index (χ1n) is 6.75. The van der Waals surface area contributed by atoms with Crippen LogP contribution < -0.4 is 11.3 Å². The van der Waals surface area contributed by atoms with E-state index in [4.69, 9.17) is 5.84 Å². The molecule has 17 heavy (non-hydrogen) atoms. The molecule has 0 aliphatic heterocycles. The summed E-state index contributed by atoms with van der Waals surface area (Å²) in [6, 6.07) is 4.64. The molecule has 0 bridgehead atoms. The maximum absolute atomic E-state index is 5.75. The maximum Gasteiger partial charge on any atom is 0.0284 e. The van der Waals surface area contributed by atoms with E-state index in [1.807, 2.05) is 12.4 Å². The molecule has 1 aromatic rings. The second-order valence-electron chi connectivity index (χ2n) is 5.52. The van der Waals surface area contributed by atoms with E-state index >= 15 is 0 Å². The topological polar surface area (TPSA) is 50.9 Å². The van der Waals surface area contributed by atoms with Crippen LogP contribution in [0.2, 0.25) is 0 Å². The molecule has 1 heterocycles. The van der Waals surface area contributed by atoms with Gasteiger partial charge in [0.25, 0.3) is 0 Å². The van der Waals surface area contributed by atoms with E-state index < -0.39 is 0 Å². The number of pyridine rings is 1. The lowest BCUT2D eigenvalue weighted by molar-refractivity contribution is 0.437. The van der Waals surface area contributed by atoms with Gasteiger partial charge in [-0.25, -0.2) is 0 Å². The van der Waals surface area contributed by atoms with Crippen LogP contribution in [-0.4, -0.2) is 11.0 Å². The van der Waals surface area contributed by atoms with Gasteiger partial charge in [0.2, 0.25) is 0 Å². The van der Waals surface area contributed by atoms with Crippen LogP contribution in [0.25, 0.3) is 0 Å². The highest BCUT2D eigenvalue weighted by Gasteiger charge is 2.53. The molecular formula is C14H21N3. The standard InChI is InChI=1S/C14H21N3/c15-17-13(9-10-5-7-16-8-6-10)14-11-3-1-2-4-12(11)14/h5-8,11-14,17H,1-4,9,15H2. The summed E-state index contributed by atoms with van der Waals surface area (Å²) in [7, 11) is 0. The molecular weight excluding hydrogens is 210 g/mol. The number of nitrogens with two attached hydrogens (primary N) is 1. The Balaban J connectivity index is 1.64. The number of nitrogens with zero attached hydrogens (tertiary/aromatic N) is 1. The first-order chi connectivity index (χ1) is 8.40. The van der Waals surface area contributed by atoms with Crippen molar-refractivity contribution in [3.05, 3.63) is 30.1 Å². The number of nitrogens with one attached hydrogen (secondary N) is 1. The number of hydrazine groups is 1. The third kappa shape index (κ3) is 2.22. The Morgan fingerprint density at radius 3 is 2.47 bits per heavy atom. The molecule has 2 fully saturated rings. The predicted octanol–water partition coefficient (Wildman–Crippen LogP) is 1.89. The lowest BCUT2D eigenvalue weighted by Gasteiger charge is -2.16. The van der Waals surface area contributed by atoms with E-state index in [1.54, 1.807) is 0 Å². The third-order valence-electron chi connectivity index (χ3n) is 4.61. The van der Waals surface area contributed by atoms with Gasteiger partial charge < -0.3 is 0 Å². The van der Waals surface area contributed by atoms with Crippen molar-refractivity contribution < 1.29 is 0 Å². The summed E-state index contributed by atoms with van der Waals surface area (Å²) in [5.74, 6) is 8.47. The molecule has 3 nitrogen and oxygen atoms in total.